The van der Waals surface area contributed by atoms with Crippen LogP contribution in [0, 0.1) is 5.92 Å². The molecule has 0 unspecified atom stereocenters. The number of rotatable bonds is 6. The largest absolute Gasteiger partial charge is 0.354 e. The minimum Gasteiger partial charge on any atom is -0.354 e. The number of hydrogen-bond acceptors (Lipinski definition) is 2. The van der Waals surface area contributed by atoms with Gasteiger partial charge < -0.3 is 15.5 Å². The Labute approximate surface area is 158 Å². The van der Waals surface area contributed by atoms with E-state index in [4.69, 9.17) is 0 Å². The van der Waals surface area contributed by atoms with Gasteiger partial charge in [0.15, 0.2) is 5.96 Å². The van der Waals surface area contributed by atoms with Crippen LogP contribution < -0.4 is 10.6 Å². The van der Waals surface area contributed by atoms with Crippen LogP contribution in [-0.4, -0.2) is 42.9 Å². The van der Waals surface area contributed by atoms with Crippen LogP contribution in [0.15, 0.2) is 29.3 Å². The van der Waals surface area contributed by atoms with E-state index in [-0.39, 0.29) is 5.91 Å². The maximum absolute atomic E-state index is 12.4. The van der Waals surface area contributed by atoms with Gasteiger partial charge in [0, 0.05) is 38.3 Å². The second kappa shape index (κ2) is 10.2. The first-order valence-electron chi connectivity index (χ1n) is 9.92. The van der Waals surface area contributed by atoms with E-state index < -0.39 is 0 Å². The van der Waals surface area contributed by atoms with E-state index in [0.717, 1.165) is 36.1 Å². The lowest BCUT2D eigenvalue weighted by molar-refractivity contribution is 0.0773. The van der Waals surface area contributed by atoms with E-state index in [1.54, 1.807) is 0 Å². The molecule has 2 N–H and O–H groups in total. The molecule has 0 radical (unpaired) electrons. The zero-order chi connectivity index (χ0) is 18.9. The molecule has 1 aliphatic carbocycles. The topological polar surface area (TPSA) is 56.7 Å². The molecule has 0 spiro atoms. The summed E-state index contributed by atoms with van der Waals surface area (Å²) in [4.78, 5) is 18.5. The highest BCUT2D eigenvalue weighted by Gasteiger charge is 2.18. The summed E-state index contributed by atoms with van der Waals surface area (Å²) < 4.78 is 0. The van der Waals surface area contributed by atoms with Gasteiger partial charge in [0.25, 0.3) is 5.91 Å². The van der Waals surface area contributed by atoms with E-state index in [1.165, 1.54) is 25.7 Å². The summed E-state index contributed by atoms with van der Waals surface area (Å²) in [6, 6.07) is 8.37. The lowest BCUT2D eigenvalue weighted by Gasteiger charge is -2.28. The summed E-state index contributed by atoms with van der Waals surface area (Å²) in [6.45, 7) is 8.51. The van der Waals surface area contributed by atoms with E-state index in [2.05, 4.69) is 22.5 Å². The highest BCUT2D eigenvalue weighted by atomic mass is 16.2. The molecule has 0 saturated heterocycles. The predicted octanol–water partition coefficient (Wildman–Crippen LogP) is 3.41. The number of nitrogens with one attached hydrogen (secondary N) is 2. The fourth-order valence-corrected chi connectivity index (χ4v) is 3.44. The van der Waals surface area contributed by atoms with Crippen LogP contribution in [0.4, 0.5) is 0 Å². The number of nitrogens with zero attached hydrogens (tertiary/aromatic N) is 2. The second-order valence-corrected chi connectivity index (χ2v) is 7.20. The number of aliphatic imine (C=N–C) groups is 1. The van der Waals surface area contributed by atoms with Crippen molar-refractivity contribution in [3.05, 3.63) is 35.4 Å². The van der Waals surface area contributed by atoms with Gasteiger partial charge in [-0.3, -0.25) is 9.79 Å². The van der Waals surface area contributed by atoms with Gasteiger partial charge in [0.2, 0.25) is 0 Å². The molecule has 26 heavy (non-hydrogen) atoms. The van der Waals surface area contributed by atoms with Crippen LogP contribution in [0.2, 0.25) is 0 Å². The van der Waals surface area contributed by atoms with Crippen molar-refractivity contribution in [3.8, 4) is 0 Å². The summed E-state index contributed by atoms with van der Waals surface area (Å²) in [6.07, 6.45) is 5.00. The number of guanidine groups is 1. The van der Waals surface area contributed by atoms with Crippen molar-refractivity contribution in [2.45, 2.75) is 59.0 Å². The fraction of sp³-hybridized carbons (Fsp3) is 0.619. The monoisotopic (exact) mass is 358 g/mol. The molecule has 1 fully saturated rings. The zero-order valence-corrected chi connectivity index (χ0v) is 16.7. The SMILES string of the molecule is CCN(CC)C(=O)c1ccc(CNC(=NC)NC2CCC(C)CC2)cc1. The quantitative estimate of drug-likeness (QED) is 0.605. The molecule has 0 heterocycles. The Morgan fingerprint density at radius 1 is 1.12 bits per heavy atom. The third-order valence-electron chi connectivity index (χ3n) is 5.29. The Morgan fingerprint density at radius 2 is 1.73 bits per heavy atom. The van der Waals surface area contributed by atoms with Gasteiger partial charge in [-0.15, -0.1) is 0 Å². The standard InChI is InChI=1S/C21H34N4O/c1-5-25(6-2)20(26)18-11-9-17(10-12-18)15-23-21(22-4)24-19-13-7-16(3)8-14-19/h9-12,16,19H,5-8,13-15H2,1-4H3,(H2,22,23,24). The summed E-state index contributed by atoms with van der Waals surface area (Å²) in [5.41, 5.74) is 1.89. The van der Waals surface area contributed by atoms with Gasteiger partial charge in [0.1, 0.15) is 0 Å². The van der Waals surface area contributed by atoms with Gasteiger partial charge in [-0.1, -0.05) is 19.1 Å². The number of hydrogen-bond donors (Lipinski definition) is 2. The molecule has 1 aromatic rings. The van der Waals surface area contributed by atoms with Crippen molar-refractivity contribution >= 4 is 11.9 Å². The molecule has 1 amide bonds. The average molecular weight is 359 g/mol. The van der Waals surface area contributed by atoms with Gasteiger partial charge in [-0.25, -0.2) is 0 Å². The van der Waals surface area contributed by atoms with Crippen LogP contribution in [0.25, 0.3) is 0 Å². The third-order valence-corrected chi connectivity index (χ3v) is 5.29. The van der Waals surface area contributed by atoms with Crippen LogP contribution in [0.3, 0.4) is 0 Å². The first-order valence-corrected chi connectivity index (χ1v) is 9.92. The van der Waals surface area contributed by atoms with Crippen molar-refractivity contribution in [3.63, 3.8) is 0 Å². The molecule has 1 saturated carbocycles. The molecule has 5 heteroatoms. The number of carbonyl (C=O) groups is 1. The maximum atomic E-state index is 12.4. The molecule has 0 aliphatic heterocycles. The van der Waals surface area contributed by atoms with Gasteiger partial charge in [-0.05, 0) is 63.1 Å². The zero-order valence-electron chi connectivity index (χ0n) is 16.7. The molecule has 144 valence electrons. The number of carbonyl (C=O) groups excluding carboxylic acids is 1. The lowest BCUT2D eigenvalue weighted by Crippen LogP contribution is -2.44. The molecule has 5 nitrogen and oxygen atoms in total. The first-order chi connectivity index (χ1) is 12.6. The summed E-state index contributed by atoms with van der Waals surface area (Å²) in [7, 11) is 1.81. The Kier molecular flexibility index (Phi) is 7.95. The molecule has 1 aliphatic rings. The molecule has 0 atom stereocenters. The molecule has 1 aromatic carbocycles. The summed E-state index contributed by atoms with van der Waals surface area (Å²) in [5.74, 6) is 1.80. The Bertz CT molecular complexity index is 585. The van der Waals surface area contributed by atoms with Crippen molar-refractivity contribution in [2.75, 3.05) is 20.1 Å². The molecule has 0 bridgehead atoms. The molecular weight excluding hydrogens is 324 g/mol. The molecule has 2 rings (SSSR count). The van der Waals surface area contributed by atoms with Crippen LogP contribution in [0.5, 0.6) is 0 Å². The Hall–Kier alpha value is -2.04. The highest BCUT2D eigenvalue weighted by Crippen LogP contribution is 2.23. The number of benzene rings is 1. The lowest BCUT2D eigenvalue weighted by atomic mass is 9.87. The number of amides is 1. The minimum absolute atomic E-state index is 0.0958. The summed E-state index contributed by atoms with van der Waals surface area (Å²) >= 11 is 0. The third kappa shape index (κ3) is 5.75. The van der Waals surface area contributed by atoms with Crippen molar-refractivity contribution < 1.29 is 4.79 Å². The van der Waals surface area contributed by atoms with Gasteiger partial charge in [0.05, 0.1) is 0 Å². The molecular formula is C21H34N4O. The summed E-state index contributed by atoms with van der Waals surface area (Å²) in [5, 5.41) is 6.92. The van der Waals surface area contributed by atoms with Crippen molar-refractivity contribution in [2.24, 2.45) is 10.9 Å². The normalized spacial score (nSPS) is 20.5. The van der Waals surface area contributed by atoms with Crippen LogP contribution >= 0.6 is 0 Å². The van der Waals surface area contributed by atoms with Crippen LogP contribution in [0.1, 0.15) is 62.4 Å². The van der Waals surface area contributed by atoms with Crippen molar-refractivity contribution in [1.82, 2.24) is 15.5 Å². The van der Waals surface area contributed by atoms with Gasteiger partial charge >= 0.3 is 0 Å². The highest BCUT2D eigenvalue weighted by molar-refractivity contribution is 5.94. The smallest absolute Gasteiger partial charge is 0.253 e. The predicted molar refractivity (Wildman–Crippen MR) is 108 cm³/mol. The Balaban J connectivity index is 1.85. The van der Waals surface area contributed by atoms with E-state index in [0.29, 0.717) is 12.6 Å². The average Bonchev–Trinajstić information content (AvgIpc) is 2.68. The second-order valence-electron chi connectivity index (χ2n) is 7.20. The van der Waals surface area contributed by atoms with Crippen LogP contribution in [-0.2, 0) is 6.54 Å². The van der Waals surface area contributed by atoms with Crippen molar-refractivity contribution in [1.29, 1.82) is 0 Å². The van der Waals surface area contributed by atoms with E-state index in [9.17, 15) is 4.79 Å². The maximum Gasteiger partial charge on any atom is 0.253 e. The Morgan fingerprint density at radius 3 is 2.27 bits per heavy atom. The fourth-order valence-electron chi connectivity index (χ4n) is 3.44. The minimum atomic E-state index is 0.0958. The van der Waals surface area contributed by atoms with E-state index in [1.807, 2.05) is 50.1 Å². The van der Waals surface area contributed by atoms with E-state index >= 15 is 0 Å². The molecule has 0 aromatic heterocycles. The first kappa shape index (κ1) is 20.3. The van der Waals surface area contributed by atoms with Gasteiger partial charge in [-0.2, -0.15) is 0 Å².